The number of aromatic nitrogens is 1. The Kier molecular flexibility index (Phi) is 3.11. The number of rotatable bonds is 5. The summed E-state index contributed by atoms with van der Waals surface area (Å²) < 4.78 is 0. The van der Waals surface area contributed by atoms with Crippen LogP contribution in [0.1, 0.15) is 37.3 Å². The highest BCUT2D eigenvalue weighted by atomic mass is 16.1. The van der Waals surface area contributed by atoms with E-state index in [1.54, 1.807) is 0 Å². The number of carbonyl (C=O) groups is 1. The van der Waals surface area contributed by atoms with Gasteiger partial charge in [0, 0.05) is 56.6 Å². The van der Waals surface area contributed by atoms with Crippen molar-refractivity contribution in [1.29, 1.82) is 0 Å². The van der Waals surface area contributed by atoms with Crippen molar-refractivity contribution in [3.05, 3.63) is 30.1 Å². The largest absolute Gasteiger partial charge is 0.369 e. The molecule has 5 fully saturated rings. The Labute approximate surface area is 143 Å². The van der Waals surface area contributed by atoms with E-state index in [0.29, 0.717) is 0 Å². The number of nitrogens with zero attached hydrogens (tertiary/aromatic N) is 3. The Morgan fingerprint density at radius 3 is 2.54 bits per heavy atom. The van der Waals surface area contributed by atoms with E-state index < -0.39 is 0 Å². The van der Waals surface area contributed by atoms with Gasteiger partial charge in [-0.3, -0.25) is 14.7 Å². The topological polar surface area (TPSA) is 62.5 Å². The lowest BCUT2D eigenvalue weighted by Gasteiger charge is -2.75. The fourth-order valence-electron chi connectivity index (χ4n) is 5.77. The normalized spacial score (nSPS) is 39.1. The maximum absolute atomic E-state index is 12.1. The van der Waals surface area contributed by atoms with Crippen LogP contribution in [-0.4, -0.2) is 59.5 Å². The summed E-state index contributed by atoms with van der Waals surface area (Å²) in [5, 5.41) is 0. The fourth-order valence-corrected chi connectivity index (χ4v) is 5.77. The van der Waals surface area contributed by atoms with Gasteiger partial charge in [0.25, 0.3) is 0 Å². The number of hydrogen-bond donors (Lipinski definition) is 1. The van der Waals surface area contributed by atoms with E-state index in [4.69, 9.17) is 5.73 Å². The molecule has 4 saturated carbocycles. The van der Waals surface area contributed by atoms with Crippen LogP contribution in [0.3, 0.4) is 0 Å². The summed E-state index contributed by atoms with van der Waals surface area (Å²) in [5.41, 5.74) is 6.73. The monoisotopic (exact) mass is 326 g/mol. The summed E-state index contributed by atoms with van der Waals surface area (Å²) in [6, 6.07) is 6.91. The van der Waals surface area contributed by atoms with Gasteiger partial charge in [0.05, 0.1) is 5.41 Å². The molecule has 5 heteroatoms. The van der Waals surface area contributed by atoms with Gasteiger partial charge >= 0.3 is 0 Å². The molecule has 2 heterocycles. The minimum absolute atomic E-state index is 0.126. The quantitative estimate of drug-likeness (QED) is 0.883. The first-order chi connectivity index (χ1) is 11.6. The minimum Gasteiger partial charge on any atom is -0.369 e. The molecule has 5 nitrogen and oxygen atoms in total. The highest BCUT2D eigenvalue weighted by molar-refractivity contribution is 5.87. The van der Waals surface area contributed by atoms with Crippen molar-refractivity contribution in [2.45, 2.75) is 37.6 Å². The summed E-state index contributed by atoms with van der Waals surface area (Å²) in [7, 11) is 0. The van der Waals surface area contributed by atoms with Gasteiger partial charge in [0.2, 0.25) is 5.91 Å². The van der Waals surface area contributed by atoms with Crippen molar-refractivity contribution in [3.63, 3.8) is 0 Å². The van der Waals surface area contributed by atoms with Crippen LogP contribution in [0.5, 0.6) is 0 Å². The molecule has 4 aliphatic carbocycles. The summed E-state index contributed by atoms with van der Waals surface area (Å²) in [6.07, 6.45) is 6.54. The highest BCUT2D eigenvalue weighted by Crippen LogP contribution is 2.80. The lowest BCUT2D eigenvalue weighted by Crippen LogP contribution is -2.76. The van der Waals surface area contributed by atoms with Crippen LogP contribution in [0.25, 0.3) is 0 Å². The van der Waals surface area contributed by atoms with Crippen molar-refractivity contribution in [2.24, 2.45) is 16.6 Å². The maximum atomic E-state index is 12.1. The number of amides is 1. The molecule has 1 aromatic heterocycles. The Hall–Kier alpha value is -1.46. The Balaban J connectivity index is 1.30. The molecule has 2 N–H and O–H groups in total. The standard InChI is InChI=1S/C19H26N4O/c20-17(24)19-11-18(12-19,16(19)15-3-1-2-6-21-15)13-22-7-9-23(10-8-22)14-4-5-14/h1-3,6,14,16H,4-5,7-13H2,(H2,20,24). The second kappa shape index (κ2) is 5.02. The van der Waals surface area contributed by atoms with Crippen LogP contribution in [-0.2, 0) is 4.79 Å². The number of pyridine rings is 1. The minimum atomic E-state index is -0.315. The van der Waals surface area contributed by atoms with Crippen LogP contribution in [0.2, 0.25) is 0 Å². The molecule has 128 valence electrons. The van der Waals surface area contributed by atoms with E-state index in [0.717, 1.165) is 44.2 Å². The Morgan fingerprint density at radius 2 is 1.96 bits per heavy atom. The van der Waals surface area contributed by atoms with Crippen LogP contribution in [0, 0.1) is 10.8 Å². The van der Waals surface area contributed by atoms with Gasteiger partial charge in [-0.05, 0) is 43.2 Å². The molecule has 1 amide bonds. The third-order valence-electron chi connectivity index (χ3n) is 6.98. The van der Waals surface area contributed by atoms with E-state index in [1.165, 1.54) is 25.9 Å². The predicted octanol–water partition coefficient (Wildman–Crippen LogP) is 1.21. The lowest BCUT2D eigenvalue weighted by atomic mass is 9.28. The van der Waals surface area contributed by atoms with Crippen molar-refractivity contribution in [1.82, 2.24) is 14.8 Å². The van der Waals surface area contributed by atoms with Crippen LogP contribution < -0.4 is 5.73 Å². The molecule has 24 heavy (non-hydrogen) atoms. The number of piperazine rings is 1. The highest BCUT2D eigenvalue weighted by Gasteiger charge is 2.78. The molecular formula is C19H26N4O. The van der Waals surface area contributed by atoms with Crippen LogP contribution in [0.15, 0.2) is 24.4 Å². The summed E-state index contributed by atoms with van der Waals surface area (Å²) >= 11 is 0. The first-order valence-electron chi connectivity index (χ1n) is 9.30. The van der Waals surface area contributed by atoms with E-state index in [9.17, 15) is 4.79 Å². The molecule has 0 radical (unpaired) electrons. The molecule has 0 spiro atoms. The van der Waals surface area contributed by atoms with E-state index in [-0.39, 0.29) is 22.7 Å². The van der Waals surface area contributed by atoms with E-state index >= 15 is 0 Å². The first kappa shape index (κ1) is 14.8. The van der Waals surface area contributed by atoms with Gasteiger partial charge in [-0.25, -0.2) is 0 Å². The van der Waals surface area contributed by atoms with Gasteiger partial charge in [-0.1, -0.05) is 6.07 Å². The Morgan fingerprint density at radius 1 is 1.21 bits per heavy atom. The zero-order valence-electron chi connectivity index (χ0n) is 14.2. The third kappa shape index (κ3) is 2.01. The number of hydrogen-bond acceptors (Lipinski definition) is 4. The molecule has 5 aliphatic rings. The first-order valence-corrected chi connectivity index (χ1v) is 9.30. The average Bonchev–Trinajstić information content (AvgIpc) is 3.36. The van der Waals surface area contributed by atoms with Gasteiger partial charge in [-0.15, -0.1) is 0 Å². The molecule has 6 rings (SSSR count). The van der Waals surface area contributed by atoms with Crippen molar-refractivity contribution >= 4 is 5.91 Å². The maximum Gasteiger partial charge on any atom is 0.224 e. The van der Waals surface area contributed by atoms with Crippen molar-refractivity contribution < 1.29 is 4.79 Å². The smallest absolute Gasteiger partial charge is 0.224 e. The lowest BCUT2D eigenvalue weighted by molar-refractivity contribution is -0.235. The predicted molar refractivity (Wildman–Crippen MR) is 91.3 cm³/mol. The summed E-state index contributed by atoms with van der Waals surface area (Å²) in [4.78, 5) is 21.9. The number of primary amides is 1. The van der Waals surface area contributed by atoms with Gasteiger partial charge < -0.3 is 10.6 Å². The second-order valence-electron chi connectivity index (χ2n) is 8.47. The van der Waals surface area contributed by atoms with Crippen molar-refractivity contribution in [2.75, 3.05) is 32.7 Å². The van der Waals surface area contributed by atoms with Crippen LogP contribution >= 0.6 is 0 Å². The third-order valence-corrected chi connectivity index (χ3v) is 6.98. The SMILES string of the molecule is NC(=O)C12CC(CN3CCN(C4CC4)CC3)(C1)C2c1ccccn1. The zero-order valence-corrected chi connectivity index (χ0v) is 14.2. The molecule has 2 bridgehead atoms. The summed E-state index contributed by atoms with van der Waals surface area (Å²) in [5.74, 6) is 0.101. The van der Waals surface area contributed by atoms with E-state index in [2.05, 4.69) is 20.9 Å². The Bertz CT molecular complexity index is 643. The van der Waals surface area contributed by atoms with Crippen LogP contribution in [0.4, 0.5) is 0 Å². The van der Waals surface area contributed by atoms with E-state index in [1.807, 2.05) is 18.3 Å². The molecular weight excluding hydrogens is 300 g/mol. The fraction of sp³-hybridized carbons (Fsp3) is 0.684. The molecule has 1 saturated heterocycles. The second-order valence-corrected chi connectivity index (χ2v) is 8.47. The van der Waals surface area contributed by atoms with Gasteiger partial charge in [0.1, 0.15) is 0 Å². The molecule has 1 aromatic rings. The molecule has 0 aromatic carbocycles. The molecule has 1 atom stereocenters. The van der Waals surface area contributed by atoms with Gasteiger partial charge in [0.15, 0.2) is 0 Å². The van der Waals surface area contributed by atoms with Crippen molar-refractivity contribution in [3.8, 4) is 0 Å². The summed E-state index contributed by atoms with van der Waals surface area (Å²) in [6.45, 7) is 5.83. The number of carbonyl (C=O) groups excluding carboxylic acids is 1. The zero-order chi connectivity index (χ0) is 16.4. The average molecular weight is 326 g/mol. The molecule has 1 aliphatic heterocycles. The molecule has 1 unspecified atom stereocenters. The van der Waals surface area contributed by atoms with Gasteiger partial charge in [-0.2, -0.15) is 0 Å². The number of nitrogens with two attached hydrogens (primary N) is 1.